The van der Waals surface area contributed by atoms with Crippen LogP contribution in [0.3, 0.4) is 0 Å². The molecule has 0 aromatic carbocycles. The zero-order valence-electron chi connectivity index (χ0n) is 12.0. The molecule has 25 heavy (non-hydrogen) atoms. The van der Waals surface area contributed by atoms with Gasteiger partial charge in [0.05, 0.1) is 6.26 Å². The van der Waals surface area contributed by atoms with Crippen molar-refractivity contribution in [1.29, 1.82) is 0 Å². The summed E-state index contributed by atoms with van der Waals surface area (Å²) in [5.41, 5.74) is -1.09. The van der Waals surface area contributed by atoms with E-state index in [1.807, 2.05) is 0 Å². The number of hydrogen-bond acceptors (Lipinski definition) is 8. The third kappa shape index (κ3) is 2.67. The molecule has 9 nitrogen and oxygen atoms in total. The van der Waals surface area contributed by atoms with E-state index < -0.39 is 11.9 Å². The number of rotatable bonds is 3. The topological polar surface area (TPSA) is 113 Å². The summed E-state index contributed by atoms with van der Waals surface area (Å²) in [7, 11) is 0. The monoisotopic (exact) mass is 368 g/mol. The fourth-order valence-corrected chi connectivity index (χ4v) is 2.86. The van der Waals surface area contributed by atoms with Crippen molar-refractivity contribution in [3.63, 3.8) is 0 Å². The molecule has 0 bridgehead atoms. The molecule has 0 fully saturated rings. The number of alkyl halides is 3. The van der Waals surface area contributed by atoms with E-state index in [2.05, 4.69) is 25.3 Å². The van der Waals surface area contributed by atoms with Gasteiger partial charge in [-0.15, -0.1) is 10.2 Å². The van der Waals surface area contributed by atoms with E-state index in [0.29, 0.717) is 5.76 Å². The zero-order valence-corrected chi connectivity index (χ0v) is 12.9. The number of hydrogen-bond donors (Lipinski definition) is 1. The van der Waals surface area contributed by atoms with Gasteiger partial charge < -0.3 is 10.3 Å². The third-order valence-corrected chi connectivity index (χ3v) is 4.07. The van der Waals surface area contributed by atoms with Crippen molar-refractivity contribution in [3.8, 4) is 11.6 Å². The lowest BCUT2D eigenvalue weighted by Gasteiger charge is -2.08. The van der Waals surface area contributed by atoms with E-state index in [-0.39, 0.29) is 21.8 Å². The largest absolute Gasteiger partial charge is 0.461 e. The molecule has 0 aliphatic heterocycles. The van der Waals surface area contributed by atoms with Crippen LogP contribution in [0.25, 0.3) is 17.4 Å². The van der Waals surface area contributed by atoms with Gasteiger partial charge >= 0.3 is 6.18 Å². The fourth-order valence-electron chi connectivity index (χ4n) is 2.02. The average molecular weight is 368 g/mol. The minimum atomic E-state index is -4.63. The van der Waals surface area contributed by atoms with Gasteiger partial charge in [0.2, 0.25) is 11.0 Å². The lowest BCUT2D eigenvalue weighted by molar-refractivity contribution is -0.141. The Labute approximate surface area is 140 Å². The maximum atomic E-state index is 13.0. The summed E-state index contributed by atoms with van der Waals surface area (Å²) in [6.45, 7) is 0. The summed E-state index contributed by atoms with van der Waals surface area (Å²) >= 11 is 0.840. The molecule has 0 radical (unpaired) electrons. The second kappa shape index (κ2) is 5.47. The van der Waals surface area contributed by atoms with Crippen LogP contribution in [0.1, 0.15) is 5.69 Å². The van der Waals surface area contributed by atoms with Gasteiger partial charge in [0.15, 0.2) is 11.5 Å². The number of nitrogens with two attached hydrogens (primary N) is 1. The Bertz CT molecular complexity index is 1040. The van der Waals surface area contributed by atoms with Crippen LogP contribution >= 0.6 is 11.8 Å². The Morgan fingerprint density at radius 2 is 2.08 bits per heavy atom. The van der Waals surface area contributed by atoms with Gasteiger partial charge in [0.25, 0.3) is 5.78 Å². The smallest absolute Gasteiger partial charge is 0.433 e. The van der Waals surface area contributed by atoms with E-state index in [9.17, 15) is 13.2 Å². The summed E-state index contributed by atoms with van der Waals surface area (Å²) in [6.07, 6.45) is -2.08. The summed E-state index contributed by atoms with van der Waals surface area (Å²) in [5, 5.41) is 11.8. The van der Waals surface area contributed by atoms with Gasteiger partial charge in [-0.1, -0.05) is 0 Å². The Kier molecular flexibility index (Phi) is 3.38. The molecule has 4 aromatic rings. The molecule has 0 aliphatic rings. The van der Waals surface area contributed by atoms with Crippen LogP contribution in [0, 0.1) is 0 Å². The second-order valence-electron chi connectivity index (χ2n) is 4.70. The number of furan rings is 1. The SMILES string of the molecule is Nn1c(Sc2cc(C(F)(F)F)nc3ncnn23)nnc1-c1ccco1. The van der Waals surface area contributed by atoms with Crippen LogP contribution in [0.2, 0.25) is 0 Å². The summed E-state index contributed by atoms with van der Waals surface area (Å²) in [6, 6.07) is 4.12. The Morgan fingerprint density at radius 1 is 1.24 bits per heavy atom. The molecule has 4 aromatic heterocycles. The summed E-state index contributed by atoms with van der Waals surface area (Å²) < 4.78 is 46.5. The van der Waals surface area contributed by atoms with E-state index in [1.54, 1.807) is 12.1 Å². The van der Waals surface area contributed by atoms with Gasteiger partial charge in [-0.2, -0.15) is 27.8 Å². The van der Waals surface area contributed by atoms with Crippen molar-refractivity contribution in [3.05, 3.63) is 36.5 Å². The van der Waals surface area contributed by atoms with Crippen LogP contribution in [-0.4, -0.2) is 34.5 Å². The molecule has 4 heterocycles. The highest BCUT2D eigenvalue weighted by molar-refractivity contribution is 7.99. The van der Waals surface area contributed by atoms with Crippen LogP contribution in [0.5, 0.6) is 0 Å². The molecule has 0 saturated carbocycles. The van der Waals surface area contributed by atoms with Crippen molar-refractivity contribution < 1.29 is 17.6 Å². The molecular formula is C12H7F3N8OS. The van der Waals surface area contributed by atoms with Crippen molar-refractivity contribution in [2.24, 2.45) is 0 Å². The number of nitrogen functional groups attached to an aromatic ring is 1. The van der Waals surface area contributed by atoms with Crippen molar-refractivity contribution in [2.45, 2.75) is 16.4 Å². The Hall–Kier alpha value is -3.09. The normalized spacial score (nSPS) is 12.1. The van der Waals surface area contributed by atoms with Crippen molar-refractivity contribution in [1.82, 2.24) is 34.5 Å². The van der Waals surface area contributed by atoms with Crippen LogP contribution in [0.15, 0.2) is 45.4 Å². The molecule has 13 heteroatoms. The van der Waals surface area contributed by atoms with Gasteiger partial charge in [-0.25, -0.2) is 9.66 Å². The number of halogens is 3. The standard InChI is InChI=1S/C12H7F3N8OS/c13-12(14,15)7-4-8(23-10(19-7)17-5-18-23)25-11-21-20-9(22(11)16)6-2-1-3-24-6/h1-5H,16H2. The minimum absolute atomic E-state index is 0.0833. The maximum Gasteiger partial charge on any atom is 0.433 e. The van der Waals surface area contributed by atoms with Gasteiger partial charge in [-0.3, -0.25) is 0 Å². The maximum absolute atomic E-state index is 13.0. The van der Waals surface area contributed by atoms with Gasteiger partial charge in [-0.05, 0) is 23.9 Å². The van der Waals surface area contributed by atoms with Crippen LogP contribution in [-0.2, 0) is 6.18 Å². The van der Waals surface area contributed by atoms with Crippen molar-refractivity contribution in [2.75, 3.05) is 5.84 Å². The first kappa shape index (κ1) is 15.4. The lowest BCUT2D eigenvalue weighted by Crippen LogP contribution is -2.13. The molecule has 0 unspecified atom stereocenters. The predicted molar refractivity (Wildman–Crippen MR) is 77.8 cm³/mol. The first-order valence-electron chi connectivity index (χ1n) is 6.63. The molecule has 4 rings (SSSR count). The highest BCUT2D eigenvalue weighted by Crippen LogP contribution is 2.33. The van der Waals surface area contributed by atoms with Gasteiger partial charge in [0.1, 0.15) is 11.4 Å². The molecule has 0 amide bonds. The van der Waals surface area contributed by atoms with E-state index >= 15 is 0 Å². The number of aromatic nitrogens is 7. The van der Waals surface area contributed by atoms with E-state index in [0.717, 1.165) is 33.3 Å². The molecule has 0 atom stereocenters. The summed E-state index contributed by atoms with van der Waals surface area (Å²) in [5.74, 6) is 6.33. The molecule has 128 valence electrons. The first-order chi connectivity index (χ1) is 11.9. The van der Waals surface area contributed by atoms with Crippen LogP contribution in [0.4, 0.5) is 13.2 Å². The van der Waals surface area contributed by atoms with E-state index in [1.165, 1.54) is 6.26 Å². The zero-order chi connectivity index (χ0) is 17.6. The predicted octanol–water partition coefficient (Wildman–Crippen LogP) is 1.86. The Balaban J connectivity index is 1.77. The molecule has 0 aliphatic carbocycles. The number of fused-ring (bicyclic) bond motifs is 1. The quantitative estimate of drug-likeness (QED) is 0.431. The van der Waals surface area contributed by atoms with E-state index in [4.69, 9.17) is 10.3 Å². The molecule has 2 N–H and O–H groups in total. The lowest BCUT2D eigenvalue weighted by atomic mass is 10.4. The molecule has 0 spiro atoms. The first-order valence-corrected chi connectivity index (χ1v) is 7.45. The molecule has 0 saturated heterocycles. The Morgan fingerprint density at radius 3 is 2.80 bits per heavy atom. The second-order valence-corrected chi connectivity index (χ2v) is 5.69. The van der Waals surface area contributed by atoms with Crippen LogP contribution < -0.4 is 5.84 Å². The van der Waals surface area contributed by atoms with Crippen molar-refractivity contribution >= 4 is 17.5 Å². The minimum Gasteiger partial charge on any atom is -0.461 e. The fraction of sp³-hybridized carbons (Fsp3) is 0.0833. The van der Waals surface area contributed by atoms with Gasteiger partial charge in [0, 0.05) is 6.07 Å². The molecular weight excluding hydrogens is 361 g/mol. The number of nitrogens with zero attached hydrogens (tertiary/aromatic N) is 7. The third-order valence-electron chi connectivity index (χ3n) is 3.11. The summed E-state index contributed by atoms with van der Waals surface area (Å²) in [4.78, 5) is 7.14. The average Bonchev–Trinajstić information content (AvgIpc) is 3.28. The highest BCUT2D eigenvalue weighted by Gasteiger charge is 2.34. The highest BCUT2D eigenvalue weighted by atomic mass is 32.2.